The second-order valence-corrected chi connectivity index (χ2v) is 14.5. The van der Waals surface area contributed by atoms with Crippen LogP contribution in [0.2, 0.25) is 4.34 Å². The van der Waals surface area contributed by atoms with Crippen LogP contribution in [0.5, 0.6) is 0 Å². The number of carbonyl (C=O) groups is 1. The van der Waals surface area contributed by atoms with Crippen molar-refractivity contribution in [2.75, 3.05) is 57.4 Å². The number of amides is 1. The van der Waals surface area contributed by atoms with Gasteiger partial charge in [-0.15, -0.1) is 11.3 Å². The SMILES string of the molecule is CCc1cccc2sc(N(CCCN3CCOCC3)C(=O)C3CCN(S(=O)(=O)c4ccc(Cl)s4)CC3)nc12. The minimum Gasteiger partial charge on any atom is -0.379 e. The summed E-state index contributed by atoms with van der Waals surface area (Å²) in [6.45, 7) is 7.56. The first kappa shape index (κ1) is 27.9. The lowest BCUT2D eigenvalue weighted by Crippen LogP contribution is -2.45. The number of hydrogen-bond donors (Lipinski definition) is 0. The van der Waals surface area contributed by atoms with E-state index in [0.717, 1.165) is 72.4 Å². The van der Waals surface area contributed by atoms with Gasteiger partial charge in [-0.1, -0.05) is 42.0 Å². The molecule has 38 heavy (non-hydrogen) atoms. The molecule has 0 aliphatic carbocycles. The van der Waals surface area contributed by atoms with Crippen molar-refractivity contribution in [2.45, 2.75) is 36.8 Å². The molecule has 0 saturated carbocycles. The number of ether oxygens (including phenoxy) is 1. The zero-order chi connectivity index (χ0) is 26.7. The molecule has 1 amide bonds. The van der Waals surface area contributed by atoms with Crippen molar-refractivity contribution in [3.05, 3.63) is 40.2 Å². The number of rotatable bonds is 9. The first-order valence-electron chi connectivity index (χ1n) is 13.1. The molecule has 2 saturated heterocycles. The molecule has 3 aromatic rings. The standard InChI is InChI=1S/C26H33ClN4O4S3/c1-2-19-5-3-6-21-24(19)28-26(36-21)31(12-4-11-29-15-17-35-18-16-29)25(32)20-9-13-30(14-10-20)38(33,34)23-8-7-22(27)37-23/h3,5-8,20H,2,4,9-18H2,1H3. The number of hydrogen-bond acceptors (Lipinski definition) is 8. The van der Waals surface area contributed by atoms with E-state index in [-0.39, 0.29) is 16.0 Å². The molecule has 0 spiro atoms. The number of morpholine rings is 1. The molecule has 2 aliphatic heterocycles. The van der Waals surface area contributed by atoms with Crippen molar-refractivity contribution in [1.29, 1.82) is 0 Å². The Balaban J connectivity index is 1.31. The number of thiophene rings is 1. The minimum atomic E-state index is -3.60. The highest BCUT2D eigenvalue weighted by atomic mass is 35.5. The molecule has 0 N–H and O–H groups in total. The van der Waals surface area contributed by atoms with Gasteiger partial charge < -0.3 is 4.74 Å². The number of sulfonamides is 1. The maximum Gasteiger partial charge on any atom is 0.252 e. The number of nitrogens with zero attached hydrogens (tertiary/aromatic N) is 4. The fraction of sp³-hybridized carbons (Fsp3) is 0.538. The highest BCUT2D eigenvalue weighted by molar-refractivity contribution is 7.91. The fourth-order valence-electron chi connectivity index (χ4n) is 5.10. The number of fused-ring (bicyclic) bond motifs is 1. The van der Waals surface area contributed by atoms with Crippen molar-refractivity contribution in [1.82, 2.24) is 14.2 Å². The summed E-state index contributed by atoms with van der Waals surface area (Å²) in [6, 6.07) is 9.35. The number of aromatic nitrogens is 1. The van der Waals surface area contributed by atoms with Gasteiger partial charge >= 0.3 is 0 Å². The number of thiazole rings is 1. The average Bonchev–Trinajstić information content (AvgIpc) is 3.58. The zero-order valence-corrected chi connectivity index (χ0v) is 24.7. The predicted octanol–water partition coefficient (Wildman–Crippen LogP) is 4.73. The van der Waals surface area contributed by atoms with Gasteiger partial charge in [0, 0.05) is 45.2 Å². The third kappa shape index (κ3) is 6.09. The van der Waals surface area contributed by atoms with Crippen LogP contribution in [-0.2, 0) is 26.0 Å². The van der Waals surface area contributed by atoms with Gasteiger partial charge in [-0.2, -0.15) is 4.31 Å². The lowest BCUT2D eigenvalue weighted by atomic mass is 9.96. The summed E-state index contributed by atoms with van der Waals surface area (Å²) in [5.41, 5.74) is 2.15. The Labute approximate surface area is 237 Å². The van der Waals surface area contributed by atoms with Crippen LogP contribution < -0.4 is 4.90 Å². The number of para-hydroxylation sites is 1. The Morgan fingerprint density at radius 3 is 2.58 bits per heavy atom. The maximum atomic E-state index is 13.9. The van der Waals surface area contributed by atoms with E-state index < -0.39 is 10.0 Å². The molecule has 2 aromatic heterocycles. The molecule has 0 radical (unpaired) electrons. The summed E-state index contributed by atoms with van der Waals surface area (Å²) in [7, 11) is -3.60. The van der Waals surface area contributed by atoms with E-state index in [1.54, 1.807) is 23.5 Å². The van der Waals surface area contributed by atoms with E-state index in [4.69, 9.17) is 21.3 Å². The Morgan fingerprint density at radius 1 is 1.13 bits per heavy atom. The van der Waals surface area contributed by atoms with Crippen LogP contribution in [0.1, 0.15) is 31.7 Å². The molecular weight excluding hydrogens is 564 g/mol. The third-order valence-electron chi connectivity index (χ3n) is 7.27. The number of anilines is 1. The van der Waals surface area contributed by atoms with Crippen molar-refractivity contribution >= 4 is 65.6 Å². The second kappa shape index (κ2) is 12.3. The van der Waals surface area contributed by atoms with E-state index >= 15 is 0 Å². The molecular formula is C26H33ClN4O4S3. The topological polar surface area (TPSA) is 83.0 Å². The molecule has 5 rings (SSSR count). The highest BCUT2D eigenvalue weighted by Crippen LogP contribution is 2.34. The van der Waals surface area contributed by atoms with Gasteiger partial charge in [0.2, 0.25) is 5.91 Å². The first-order valence-corrected chi connectivity index (χ1v) is 16.6. The lowest BCUT2D eigenvalue weighted by Gasteiger charge is -2.33. The van der Waals surface area contributed by atoms with Crippen molar-refractivity contribution in [3.8, 4) is 0 Å². The Bertz CT molecular complexity index is 1360. The molecule has 1 aromatic carbocycles. The summed E-state index contributed by atoms with van der Waals surface area (Å²) < 4.78 is 34.8. The molecule has 0 unspecified atom stereocenters. The molecule has 12 heteroatoms. The molecule has 8 nitrogen and oxygen atoms in total. The summed E-state index contributed by atoms with van der Waals surface area (Å²) in [4.78, 5) is 23.1. The van der Waals surface area contributed by atoms with Crippen molar-refractivity contribution < 1.29 is 17.9 Å². The van der Waals surface area contributed by atoms with Crippen LogP contribution in [0.3, 0.4) is 0 Å². The summed E-state index contributed by atoms with van der Waals surface area (Å²) in [5, 5.41) is 0.733. The molecule has 2 fully saturated rings. The smallest absolute Gasteiger partial charge is 0.252 e. The van der Waals surface area contributed by atoms with Crippen LogP contribution in [0, 0.1) is 5.92 Å². The predicted molar refractivity (Wildman–Crippen MR) is 154 cm³/mol. The van der Waals surface area contributed by atoms with Gasteiger partial charge in [0.25, 0.3) is 10.0 Å². The number of piperidine rings is 1. The van der Waals surface area contributed by atoms with Gasteiger partial charge in [-0.05, 0) is 49.4 Å². The van der Waals surface area contributed by atoms with Gasteiger partial charge in [0.05, 0.1) is 27.8 Å². The maximum absolute atomic E-state index is 13.9. The first-order chi connectivity index (χ1) is 18.4. The third-order valence-corrected chi connectivity index (χ3v) is 11.9. The van der Waals surface area contributed by atoms with Crippen LogP contribution in [0.15, 0.2) is 34.5 Å². The summed E-state index contributed by atoms with van der Waals surface area (Å²) >= 11 is 8.60. The lowest BCUT2D eigenvalue weighted by molar-refractivity contribution is -0.123. The second-order valence-electron chi connectivity index (χ2n) is 9.65. The largest absolute Gasteiger partial charge is 0.379 e. The van der Waals surface area contributed by atoms with Gasteiger partial charge in [0.1, 0.15) is 4.21 Å². The number of aryl methyl sites for hydroxylation is 1. The fourth-order valence-corrected chi connectivity index (χ4v) is 9.25. The monoisotopic (exact) mass is 596 g/mol. The molecule has 206 valence electrons. The quantitative estimate of drug-likeness (QED) is 0.355. The number of carbonyl (C=O) groups excluding carboxylic acids is 1. The van der Waals surface area contributed by atoms with Crippen LogP contribution in [0.25, 0.3) is 10.2 Å². The molecule has 2 aliphatic rings. The van der Waals surface area contributed by atoms with Gasteiger partial charge in [-0.25, -0.2) is 13.4 Å². The van der Waals surface area contributed by atoms with E-state index in [0.29, 0.717) is 36.8 Å². The number of benzene rings is 1. The highest BCUT2D eigenvalue weighted by Gasteiger charge is 2.35. The Kier molecular flexibility index (Phi) is 9.03. The van der Waals surface area contributed by atoms with Gasteiger partial charge in [0.15, 0.2) is 5.13 Å². The average molecular weight is 597 g/mol. The van der Waals surface area contributed by atoms with Crippen molar-refractivity contribution in [3.63, 3.8) is 0 Å². The van der Waals surface area contributed by atoms with Crippen LogP contribution >= 0.6 is 34.3 Å². The van der Waals surface area contributed by atoms with E-state index in [2.05, 4.69) is 24.0 Å². The normalized spacial score (nSPS) is 18.3. The minimum absolute atomic E-state index is 0.0419. The summed E-state index contributed by atoms with van der Waals surface area (Å²) in [6.07, 6.45) is 2.70. The zero-order valence-electron chi connectivity index (χ0n) is 21.5. The van der Waals surface area contributed by atoms with Gasteiger partial charge in [-0.3, -0.25) is 14.6 Å². The van der Waals surface area contributed by atoms with Crippen LogP contribution in [-0.4, -0.2) is 81.0 Å². The molecule has 0 atom stereocenters. The van der Waals surface area contributed by atoms with E-state index in [1.165, 1.54) is 9.87 Å². The molecule has 0 bridgehead atoms. The Morgan fingerprint density at radius 2 is 1.89 bits per heavy atom. The Hall–Kier alpha value is -1.60. The number of halogens is 1. The van der Waals surface area contributed by atoms with E-state index in [1.807, 2.05) is 11.0 Å². The van der Waals surface area contributed by atoms with Crippen molar-refractivity contribution in [2.24, 2.45) is 5.92 Å². The molecule has 4 heterocycles. The summed E-state index contributed by atoms with van der Waals surface area (Å²) in [5.74, 6) is -0.199. The van der Waals surface area contributed by atoms with Crippen LogP contribution in [0.4, 0.5) is 5.13 Å². The van der Waals surface area contributed by atoms with E-state index in [9.17, 15) is 13.2 Å².